The van der Waals surface area contributed by atoms with Crippen LogP contribution in [0.4, 0.5) is 11.4 Å². The third-order valence-corrected chi connectivity index (χ3v) is 2.20. The molecule has 0 radical (unpaired) electrons. The molecule has 82 valence electrons. The summed E-state index contributed by atoms with van der Waals surface area (Å²) in [6, 6.07) is 3.25. The summed E-state index contributed by atoms with van der Waals surface area (Å²) in [7, 11) is 0. The van der Waals surface area contributed by atoms with Crippen LogP contribution in [0.3, 0.4) is 0 Å². The summed E-state index contributed by atoms with van der Waals surface area (Å²) in [6.45, 7) is 1.73. The summed E-state index contributed by atoms with van der Waals surface area (Å²) < 4.78 is 5.05. The maximum absolute atomic E-state index is 11.8. The molecule has 0 unspecified atom stereocenters. The second-order valence-electron chi connectivity index (χ2n) is 3.31. The number of carbonyl (C=O) groups excluding carboxylic acids is 1. The molecule has 5 heteroatoms. The predicted molar refractivity (Wildman–Crippen MR) is 60.0 cm³/mol. The van der Waals surface area contributed by atoms with Crippen molar-refractivity contribution in [1.82, 2.24) is 4.98 Å². The van der Waals surface area contributed by atoms with Gasteiger partial charge in [0.25, 0.3) is 5.91 Å². The summed E-state index contributed by atoms with van der Waals surface area (Å²) >= 11 is 0. The molecule has 0 aromatic carbocycles. The second kappa shape index (κ2) is 4.06. The van der Waals surface area contributed by atoms with Gasteiger partial charge in [0.05, 0.1) is 29.4 Å². The Morgan fingerprint density at radius 1 is 1.50 bits per heavy atom. The Balaban J connectivity index is 2.21. The molecule has 0 aliphatic rings. The molecule has 3 N–H and O–H groups in total. The molecular weight excluding hydrogens is 206 g/mol. The fourth-order valence-electron chi connectivity index (χ4n) is 1.33. The Morgan fingerprint density at radius 2 is 2.31 bits per heavy atom. The van der Waals surface area contributed by atoms with Gasteiger partial charge in [-0.1, -0.05) is 0 Å². The number of amides is 1. The van der Waals surface area contributed by atoms with Crippen LogP contribution in [0.25, 0.3) is 0 Å². The van der Waals surface area contributed by atoms with Crippen LogP contribution in [0.1, 0.15) is 16.1 Å². The van der Waals surface area contributed by atoms with E-state index in [4.69, 9.17) is 10.2 Å². The highest BCUT2D eigenvalue weighted by Crippen LogP contribution is 2.17. The first-order chi connectivity index (χ1) is 7.68. The number of hydrogen-bond acceptors (Lipinski definition) is 4. The number of rotatable bonds is 2. The topological polar surface area (TPSA) is 81.2 Å². The Labute approximate surface area is 92.3 Å². The SMILES string of the molecule is Cc1occc1C(=O)Nc1ccncc1N. The minimum absolute atomic E-state index is 0.246. The van der Waals surface area contributed by atoms with Gasteiger partial charge in [-0.05, 0) is 19.1 Å². The maximum Gasteiger partial charge on any atom is 0.259 e. The van der Waals surface area contributed by atoms with Crippen molar-refractivity contribution < 1.29 is 9.21 Å². The summed E-state index contributed by atoms with van der Waals surface area (Å²) in [5.74, 6) is 0.328. The van der Waals surface area contributed by atoms with E-state index < -0.39 is 0 Å². The summed E-state index contributed by atoms with van der Waals surface area (Å²) in [6.07, 6.45) is 4.52. The Kier molecular flexibility index (Phi) is 2.59. The van der Waals surface area contributed by atoms with Crippen molar-refractivity contribution >= 4 is 17.3 Å². The molecule has 0 spiro atoms. The van der Waals surface area contributed by atoms with Gasteiger partial charge >= 0.3 is 0 Å². The summed E-state index contributed by atoms with van der Waals surface area (Å²) in [4.78, 5) is 15.6. The smallest absolute Gasteiger partial charge is 0.259 e. The molecule has 0 atom stereocenters. The lowest BCUT2D eigenvalue weighted by Gasteiger charge is -2.06. The molecule has 2 rings (SSSR count). The van der Waals surface area contributed by atoms with Crippen LogP contribution in [-0.2, 0) is 0 Å². The van der Waals surface area contributed by atoms with Gasteiger partial charge < -0.3 is 15.5 Å². The van der Waals surface area contributed by atoms with E-state index in [1.807, 2.05) is 0 Å². The lowest BCUT2D eigenvalue weighted by molar-refractivity contribution is 0.102. The highest BCUT2D eigenvalue weighted by atomic mass is 16.3. The Morgan fingerprint density at radius 3 is 2.94 bits per heavy atom. The van der Waals surface area contributed by atoms with Gasteiger partial charge in [0.1, 0.15) is 5.76 Å². The number of carbonyl (C=O) groups is 1. The molecule has 0 saturated carbocycles. The van der Waals surface area contributed by atoms with Crippen LogP contribution in [0, 0.1) is 6.92 Å². The maximum atomic E-state index is 11.8. The number of furan rings is 1. The van der Waals surface area contributed by atoms with E-state index >= 15 is 0 Å². The van der Waals surface area contributed by atoms with Gasteiger partial charge in [0, 0.05) is 6.20 Å². The van der Waals surface area contributed by atoms with E-state index in [1.54, 1.807) is 25.3 Å². The van der Waals surface area contributed by atoms with Crippen molar-refractivity contribution in [3.63, 3.8) is 0 Å². The standard InChI is InChI=1S/C11H11N3O2/c1-7-8(3-5-16-7)11(15)14-10-2-4-13-6-9(10)12/h2-6H,12H2,1H3,(H,13,14,15). The van der Waals surface area contributed by atoms with E-state index in [1.165, 1.54) is 12.5 Å². The average molecular weight is 217 g/mol. The van der Waals surface area contributed by atoms with Crippen LogP contribution in [0.15, 0.2) is 35.2 Å². The first-order valence-corrected chi connectivity index (χ1v) is 4.73. The number of hydrogen-bond donors (Lipinski definition) is 2. The van der Waals surface area contributed by atoms with Crippen LogP contribution in [0.5, 0.6) is 0 Å². The quantitative estimate of drug-likeness (QED) is 0.803. The minimum Gasteiger partial charge on any atom is -0.469 e. The Bertz CT molecular complexity index is 519. The first kappa shape index (κ1) is 10.2. The van der Waals surface area contributed by atoms with Crippen LogP contribution >= 0.6 is 0 Å². The van der Waals surface area contributed by atoms with Crippen molar-refractivity contribution in [1.29, 1.82) is 0 Å². The Hall–Kier alpha value is -2.30. The predicted octanol–water partition coefficient (Wildman–Crippen LogP) is 1.82. The molecule has 1 amide bonds. The van der Waals surface area contributed by atoms with Gasteiger partial charge in [-0.25, -0.2) is 0 Å². The normalized spacial score (nSPS) is 10.1. The summed E-state index contributed by atoms with van der Waals surface area (Å²) in [5, 5.41) is 2.69. The molecule has 0 fully saturated rings. The molecule has 0 aliphatic carbocycles. The first-order valence-electron chi connectivity index (χ1n) is 4.73. The van der Waals surface area contributed by atoms with E-state index in [0.717, 1.165) is 0 Å². The molecule has 2 heterocycles. The van der Waals surface area contributed by atoms with Crippen molar-refractivity contribution in [3.05, 3.63) is 42.1 Å². The number of nitrogens with one attached hydrogen (secondary N) is 1. The number of nitrogen functional groups attached to an aromatic ring is 1. The van der Waals surface area contributed by atoms with Crippen molar-refractivity contribution in [2.24, 2.45) is 0 Å². The molecule has 0 aliphatic heterocycles. The van der Waals surface area contributed by atoms with Gasteiger partial charge in [-0.2, -0.15) is 0 Å². The molecule has 5 nitrogen and oxygen atoms in total. The van der Waals surface area contributed by atoms with Crippen LogP contribution in [-0.4, -0.2) is 10.9 Å². The van der Waals surface area contributed by atoms with Crippen molar-refractivity contribution in [2.45, 2.75) is 6.92 Å². The molecule has 16 heavy (non-hydrogen) atoms. The highest BCUT2D eigenvalue weighted by Gasteiger charge is 2.12. The number of anilines is 2. The summed E-state index contributed by atoms with van der Waals surface area (Å²) in [5.41, 5.74) is 7.13. The number of aryl methyl sites for hydroxylation is 1. The average Bonchev–Trinajstić information content (AvgIpc) is 2.68. The third kappa shape index (κ3) is 1.88. The lowest BCUT2D eigenvalue weighted by atomic mass is 10.2. The second-order valence-corrected chi connectivity index (χ2v) is 3.31. The van der Waals surface area contributed by atoms with Gasteiger partial charge in [-0.3, -0.25) is 9.78 Å². The van der Waals surface area contributed by atoms with Crippen LogP contribution < -0.4 is 11.1 Å². The molecular formula is C11H11N3O2. The minimum atomic E-state index is -0.246. The lowest BCUT2D eigenvalue weighted by Crippen LogP contribution is -2.13. The third-order valence-electron chi connectivity index (χ3n) is 2.20. The molecule has 2 aromatic rings. The monoisotopic (exact) mass is 217 g/mol. The zero-order valence-corrected chi connectivity index (χ0v) is 8.73. The van der Waals surface area contributed by atoms with E-state index in [-0.39, 0.29) is 5.91 Å². The fraction of sp³-hybridized carbons (Fsp3) is 0.0909. The van der Waals surface area contributed by atoms with Gasteiger partial charge in [0.15, 0.2) is 0 Å². The molecule has 2 aromatic heterocycles. The molecule has 0 bridgehead atoms. The number of nitrogens with zero attached hydrogens (tertiary/aromatic N) is 1. The zero-order chi connectivity index (χ0) is 11.5. The van der Waals surface area contributed by atoms with Crippen molar-refractivity contribution in [2.75, 3.05) is 11.1 Å². The fourth-order valence-corrected chi connectivity index (χ4v) is 1.33. The van der Waals surface area contributed by atoms with Crippen LogP contribution in [0.2, 0.25) is 0 Å². The zero-order valence-electron chi connectivity index (χ0n) is 8.73. The number of aromatic nitrogens is 1. The largest absolute Gasteiger partial charge is 0.469 e. The number of pyridine rings is 1. The van der Waals surface area contributed by atoms with Gasteiger partial charge in [0.2, 0.25) is 0 Å². The van der Waals surface area contributed by atoms with E-state index in [9.17, 15) is 4.79 Å². The highest BCUT2D eigenvalue weighted by molar-refractivity contribution is 6.06. The number of nitrogens with two attached hydrogens (primary N) is 1. The van der Waals surface area contributed by atoms with Crippen molar-refractivity contribution in [3.8, 4) is 0 Å². The van der Waals surface area contributed by atoms with E-state index in [0.29, 0.717) is 22.7 Å². The van der Waals surface area contributed by atoms with Gasteiger partial charge in [-0.15, -0.1) is 0 Å². The van der Waals surface area contributed by atoms with E-state index in [2.05, 4.69) is 10.3 Å². The molecule has 0 saturated heterocycles.